The van der Waals surface area contributed by atoms with Gasteiger partial charge in [-0.25, -0.2) is 0 Å². The zero-order chi connectivity index (χ0) is 33.1. The number of benzene rings is 1. The molecule has 1 saturated heterocycles. The van der Waals surface area contributed by atoms with Crippen LogP contribution in [0.15, 0.2) is 12.1 Å². The first-order valence-corrected chi connectivity index (χ1v) is 9.93. The zero-order valence-corrected chi connectivity index (χ0v) is 17.5. The molecule has 6 nitrogen and oxygen atoms in total. The van der Waals surface area contributed by atoms with Gasteiger partial charge in [0.1, 0.15) is 12.1 Å². The van der Waals surface area contributed by atoms with E-state index in [0.717, 1.165) is 0 Å². The van der Waals surface area contributed by atoms with Crippen LogP contribution in [0.3, 0.4) is 0 Å². The van der Waals surface area contributed by atoms with E-state index in [4.69, 9.17) is 35.0 Å². The van der Waals surface area contributed by atoms with Gasteiger partial charge in [-0.2, -0.15) is 0 Å². The van der Waals surface area contributed by atoms with Crippen molar-refractivity contribution in [2.24, 2.45) is 23.5 Å². The molecule has 0 amide bonds. The van der Waals surface area contributed by atoms with Gasteiger partial charge in [0.25, 0.3) is 0 Å². The maximum absolute atomic E-state index is 13.5. The fourth-order valence-electron chi connectivity index (χ4n) is 4.21. The SMILES string of the molecule is [2H]C([2H])([2H])Oc1cc2c(cc1OC)C1N(CC2)CC(CC(C)C)C(OC(=O)[C@@]([2H])(N)C([2H])(C([2H])([2H])[2H])C([2H])([2H])[2H])C1([2H])[2H]. The number of esters is 1. The number of rotatable bonds is 7. The number of piperidine rings is 1. The molecule has 4 atom stereocenters. The average Bonchev–Trinajstić information content (AvgIpc) is 2.82. The Morgan fingerprint density at radius 3 is 2.80 bits per heavy atom. The molecule has 30 heavy (non-hydrogen) atoms. The van der Waals surface area contributed by atoms with Crippen LogP contribution < -0.4 is 15.2 Å². The van der Waals surface area contributed by atoms with Gasteiger partial charge in [0, 0.05) is 43.8 Å². The molecule has 2 N–H and O–H groups in total. The fraction of sp³-hybridized carbons (Fsp3) is 0.708. The highest BCUT2D eigenvalue weighted by Gasteiger charge is 2.41. The molecule has 0 spiro atoms. The maximum atomic E-state index is 13.5. The number of carbonyl (C=O) groups excluding carboxylic acids is 1. The smallest absolute Gasteiger partial charge is 0.323 e. The molecule has 3 rings (SSSR count). The summed E-state index contributed by atoms with van der Waals surface area (Å²) in [5, 5.41) is 0. The molecule has 3 unspecified atom stereocenters. The first kappa shape index (κ1) is 11.2. The summed E-state index contributed by atoms with van der Waals surface area (Å²) in [6.07, 6.45) is -3.27. The van der Waals surface area contributed by atoms with E-state index in [9.17, 15) is 7.54 Å². The lowest BCUT2D eigenvalue weighted by Gasteiger charge is -2.47. The van der Waals surface area contributed by atoms with Gasteiger partial charge in [0.2, 0.25) is 0 Å². The topological polar surface area (TPSA) is 74.0 Å². The summed E-state index contributed by atoms with van der Waals surface area (Å²) in [6, 6.07) is -1.78. The van der Waals surface area contributed by atoms with Crippen molar-refractivity contribution in [1.29, 1.82) is 0 Å². The summed E-state index contributed by atoms with van der Waals surface area (Å²) in [6.45, 7) is -3.09. The number of nitrogens with two attached hydrogens (primary N) is 1. The van der Waals surface area contributed by atoms with Crippen LogP contribution >= 0.6 is 0 Å². The molecule has 1 aromatic carbocycles. The Bertz CT molecular complexity index is 1180. The highest BCUT2D eigenvalue weighted by atomic mass is 16.5. The van der Waals surface area contributed by atoms with Crippen LogP contribution in [0.5, 0.6) is 11.5 Å². The van der Waals surface area contributed by atoms with Crippen molar-refractivity contribution < 1.29 is 36.8 Å². The first-order valence-electron chi connectivity index (χ1n) is 16.4. The Hall–Kier alpha value is -1.79. The Morgan fingerprint density at radius 1 is 1.37 bits per heavy atom. The van der Waals surface area contributed by atoms with E-state index in [-0.39, 0.29) is 24.0 Å². The second-order valence-electron chi connectivity index (χ2n) is 8.12. The summed E-state index contributed by atoms with van der Waals surface area (Å²) in [4.78, 5) is 15.3. The molecule has 2 aliphatic rings. The lowest BCUT2D eigenvalue weighted by atomic mass is 9.79. The first-order chi connectivity index (χ1) is 19.3. The second-order valence-corrected chi connectivity index (χ2v) is 8.12. The maximum Gasteiger partial charge on any atom is 0.323 e. The summed E-state index contributed by atoms with van der Waals surface area (Å²) < 4.78 is 120. The van der Waals surface area contributed by atoms with Gasteiger partial charge < -0.3 is 19.9 Å². The van der Waals surface area contributed by atoms with Crippen LogP contribution in [-0.4, -0.2) is 50.2 Å². The number of carbonyl (C=O) groups is 1. The standard InChI is InChI=1S/C24H38N2O4/c1-14(2)9-17-13-26-8-7-16-10-21(28-5)22(29-6)11-18(16)19(26)12-20(17)30-24(27)23(25)15(3)4/h10-11,14-15,17,19-20,23H,7-9,12-13,25H2,1-6H3/t17?,19?,20?,23-/m0/s1/i3D3,4D3,5D3,12D2,15D,23D. The van der Waals surface area contributed by atoms with Crippen LogP contribution in [0.2, 0.25) is 0 Å². The number of ether oxygens (including phenoxy) is 3. The number of nitrogens with zero attached hydrogens (tertiary/aromatic N) is 1. The van der Waals surface area contributed by atoms with Gasteiger partial charge in [-0.1, -0.05) is 27.6 Å². The minimum atomic E-state index is -3.80. The van der Waals surface area contributed by atoms with Gasteiger partial charge in [-0.3, -0.25) is 9.69 Å². The van der Waals surface area contributed by atoms with E-state index in [1.807, 2.05) is 18.7 Å². The summed E-state index contributed by atoms with van der Waals surface area (Å²) in [7, 11) is -1.47. The molecule has 2 aliphatic heterocycles. The summed E-state index contributed by atoms with van der Waals surface area (Å²) >= 11 is 0. The van der Waals surface area contributed by atoms with Gasteiger partial charge in [-0.15, -0.1) is 0 Å². The third-order valence-electron chi connectivity index (χ3n) is 5.58. The van der Waals surface area contributed by atoms with E-state index in [2.05, 4.69) is 0 Å². The number of fused-ring (bicyclic) bond motifs is 3. The van der Waals surface area contributed by atoms with Crippen molar-refractivity contribution in [3.05, 3.63) is 23.3 Å². The average molecular weight is 432 g/mol. The number of methoxy groups -OCH3 is 2. The normalized spacial score (nSPS) is 35.6. The molecule has 6 heteroatoms. The molecule has 168 valence electrons. The van der Waals surface area contributed by atoms with E-state index in [0.29, 0.717) is 30.5 Å². The van der Waals surface area contributed by atoms with E-state index >= 15 is 0 Å². The molecule has 0 aromatic heterocycles. The minimum absolute atomic E-state index is 0.00559. The van der Waals surface area contributed by atoms with Crippen molar-refractivity contribution in [3.63, 3.8) is 0 Å². The van der Waals surface area contributed by atoms with Crippen molar-refractivity contribution in [2.45, 2.75) is 64.9 Å². The molecule has 2 heterocycles. The predicted molar refractivity (Wildman–Crippen MR) is 118 cm³/mol. The molecular weight excluding hydrogens is 380 g/mol. The highest BCUT2D eigenvalue weighted by molar-refractivity contribution is 5.76. The molecular formula is C24H38N2O4. The van der Waals surface area contributed by atoms with E-state index in [1.165, 1.54) is 19.2 Å². The summed E-state index contributed by atoms with van der Waals surface area (Å²) in [5.41, 5.74) is 6.74. The molecule has 0 aliphatic carbocycles. The fourth-order valence-corrected chi connectivity index (χ4v) is 4.21. The second kappa shape index (κ2) is 9.56. The van der Waals surface area contributed by atoms with Gasteiger partial charge in [-0.05, 0) is 47.9 Å². The van der Waals surface area contributed by atoms with Gasteiger partial charge in [0.15, 0.2) is 11.5 Å². The third-order valence-corrected chi connectivity index (χ3v) is 5.58. The molecule has 0 saturated carbocycles. The van der Waals surface area contributed by atoms with Crippen molar-refractivity contribution in [3.8, 4) is 11.5 Å². The molecule has 1 fully saturated rings. The van der Waals surface area contributed by atoms with Gasteiger partial charge in [0.05, 0.1) is 19.6 Å². The zero-order valence-electron chi connectivity index (χ0n) is 30.5. The molecule has 0 bridgehead atoms. The van der Waals surface area contributed by atoms with Crippen LogP contribution in [-0.2, 0) is 16.0 Å². The lowest BCUT2D eigenvalue weighted by molar-refractivity contribution is -0.160. The van der Waals surface area contributed by atoms with Crippen molar-refractivity contribution >= 4 is 5.97 Å². The minimum Gasteiger partial charge on any atom is -0.493 e. The van der Waals surface area contributed by atoms with Crippen LogP contribution in [0, 0.1) is 17.7 Å². The number of hydrogen-bond donors (Lipinski definition) is 1. The Labute approximate surface area is 199 Å². The Balaban J connectivity index is 2.12. The van der Waals surface area contributed by atoms with E-state index < -0.39 is 63.1 Å². The lowest BCUT2D eigenvalue weighted by Crippen LogP contribution is -2.51. The van der Waals surface area contributed by atoms with Crippen molar-refractivity contribution in [1.82, 2.24) is 4.90 Å². The largest absolute Gasteiger partial charge is 0.493 e. The van der Waals surface area contributed by atoms with Crippen LogP contribution in [0.25, 0.3) is 0 Å². The van der Waals surface area contributed by atoms with Crippen LogP contribution in [0.4, 0.5) is 0 Å². The number of hydrogen-bond acceptors (Lipinski definition) is 6. The van der Waals surface area contributed by atoms with Gasteiger partial charge >= 0.3 is 5.97 Å². The third kappa shape index (κ3) is 4.75. The Kier molecular flexibility index (Phi) is 3.57. The van der Waals surface area contributed by atoms with Crippen molar-refractivity contribution in [2.75, 3.05) is 27.2 Å². The molecule has 0 radical (unpaired) electrons. The summed E-state index contributed by atoms with van der Waals surface area (Å²) in [5.74, 6) is -6.35. The molecule has 1 aromatic rings. The quantitative estimate of drug-likeness (QED) is 0.666. The Morgan fingerprint density at radius 2 is 2.13 bits per heavy atom. The highest BCUT2D eigenvalue weighted by Crippen LogP contribution is 2.44. The monoisotopic (exact) mass is 431 g/mol. The predicted octanol–water partition coefficient (Wildman–Crippen LogP) is 3.56. The van der Waals surface area contributed by atoms with Crippen LogP contribution in [0.1, 0.15) is 75.3 Å². The van der Waals surface area contributed by atoms with E-state index in [1.54, 1.807) is 0 Å².